The summed E-state index contributed by atoms with van der Waals surface area (Å²) in [6, 6.07) is 0. The van der Waals surface area contributed by atoms with Crippen LogP contribution in [-0.2, 0) is 12.8 Å². The monoisotopic (exact) mass is 395 g/mol. The number of aromatic amines is 1. The average Bonchev–Trinajstić information content (AvgIpc) is 3.34. The van der Waals surface area contributed by atoms with Crippen LogP contribution in [0.3, 0.4) is 0 Å². The Bertz CT molecular complexity index is 957. The third-order valence-electron chi connectivity index (χ3n) is 5.90. The number of pyridine rings is 1. The molecule has 7 nitrogen and oxygen atoms in total. The van der Waals surface area contributed by atoms with Crippen LogP contribution >= 0.6 is 11.3 Å². The van der Waals surface area contributed by atoms with E-state index in [1.54, 1.807) is 11.3 Å². The van der Waals surface area contributed by atoms with E-state index in [2.05, 4.69) is 37.4 Å². The Balaban J connectivity index is 1.82. The molecule has 0 amide bonds. The highest BCUT2D eigenvalue weighted by Gasteiger charge is 2.29. The Kier molecular flexibility index (Phi) is 4.80. The van der Waals surface area contributed by atoms with E-state index in [4.69, 9.17) is 4.98 Å². The van der Waals surface area contributed by atoms with E-state index in [1.807, 2.05) is 5.51 Å². The first kappa shape index (κ1) is 17.7. The second-order valence-electron chi connectivity index (χ2n) is 7.72. The lowest BCUT2D eigenvalue weighted by Gasteiger charge is -2.31. The molecule has 0 bridgehead atoms. The van der Waals surface area contributed by atoms with Gasteiger partial charge in [0.15, 0.2) is 0 Å². The fourth-order valence-corrected chi connectivity index (χ4v) is 5.39. The Labute approximate surface area is 168 Å². The number of piperidine rings is 1. The van der Waals surface area contributed by atoms with Crippen molar-refractivity contribution in [2.24, 2.45) is 0 Å². The van der Waals surface area contributed by atoms with Gasteiger partial charge in [0.05, 0.1) is 21.6 Å². The van der Waals surface area contributed by atoms with Gasteiger partial charge in [0.1, 0.15) is 5.82 Å². The minimum atomic E-state index is 0.642. The molecule has 0 aromatic carbocycles. The molecule has 1 aliphatic carbocycles. The number of fused-ring (bicyclic) bond motifs is 1. The number of nitrogens with one attached hydrogen (secondary N) is 1. The summed E-state index contributed by atoms with van der Waals surface area (Å²) < 4.78 is 0. The number of aryl methyl sites for hydroxylation is 2. The minimum Gasteiger partial charge on any atom is -0.356 e. The third-order valence-corrected chi connectivity index (χ3v) is 6.85. The molecule has 1 aliphatic heterocycles. The molecular weight excluding hydrogens is 370 g/mol. The number of anilines is 1. The highest BCUT2D eigenvalue weighted by atomic mass is 32.1. The molecule has 2 aliphatic rings. The molecule has 0 spiro atoms. The number of tetrazole rings is 1. The molecule has 0 atom stereocenters. The molecule has 146 valence electrons. The smallest absolute Gasteiger partial charge is 0.209 e. The summed E-state index contributed by atoms with van der Waals surface area (Å²) >= 11 is 1.71. The number of H-pyrrole nitrogens is 1. The van der Waals surface area contributed by atoms with Gasteiger partial charge in [-0.2, -0.15) is 5.21 Å². The molecule has 8 heteroatoms. The van der Waals surface area contributed by atoms with Crippen molar-refractivity contribution in [3.05, 3.63) is 22.5 Å². The van der Waals surface area contributed by atoms with Crippen molar-refractivity contribution in [1.82, 2.24) is 30.6 Å². The Morgan fingerprint density at radius 2 is 1.82 bits per heavy atom. The summed E-state index contributed by atoms with van der Waals surface area (Å²) in [5.41, 5.74) is 7.91. The van der Waals surface area contributed by atoms with Crippen molar-refractivity contribution < 1.29 is 0 Å². The standard InChI is InChI=1S/C20H25N7S/c1-13-18(28-12-21-13)16-14-8-4-2-5-9-15(14)22-20(27-10-6-3-7-11-27)17(16)19-23-25-26-24-19/h12H,2-11H2,1H3,(H,23,24,25,26). The lowest BCUT2D eigenvalue weighted by molar-refractivity contribution is 0.573. The minimum absolute atomic E-state index is 0.642. The zero-order valence-electron chi connectivity index (χ0n) is 16.2. The number of rotatable bonds is 3. The maximum absolute atomic E-state index is 5.24. The average molecular weight is 396 g/mol. The van der Waals surface area contributed by atoms with Crippen LogP contribution in [0.15, 0.2) is 5.51 Å². The van der Waals surface area contributed by atoms with Crippen molar-refractivity contribution in [3.8, 4) is 21.8 Å². The first-order valence-electron chi connectivity index (χ1n) is 10.3. The normalized spacial score (nSPS) is 17.4. The van der Waals surface area contributed by atoms with Gasteiger partial charge in [-0.15, -0.1) is 21.5 Å². The zero-order valence-corrected chi connectivity index (χ0v) is 17.1. The summed E-state index contributed by atoms with van der Waals surface area (Å²) in [5, 5.41) is 15.3. The third kappa shape index (κ3) is 3.09. The van der Waals surface area contributed by atoms with Crippen molar-refractivity contribution in [3.63, 3.8) is 0 Å². The molecule has 4 heterocycles. The number of aromatic nitrogens is 6. The summed E-state index contributed by atoms with van der Waals surface area (Å²) in [6.07, 6.45) is 9.48. The highest BCUT2D eigenvalue weighted by molar-refractivity contribution is 7.13. The molecule has 0 radical (unpaired) electrons. The predicted molar refractivity (Wildman–Crippen MR) is 111 cm³/mol. The van der Waals surface area contributed by atoms with Gasteiger partial charge in [-0.05, 0) is 62.6 Å². The van der Waals surface area contributed by atoms with Crippen LogP contribution in [0, 0.1) is 6.92 Å². The molecule has 28 heavy (non-hydrogen) atoms. The van der Waals surface area contributed by atoms with Crippen molar-refractivity contribution in [2.45, 2.75) is 58.3 Å². The maximum Gasteiger partial charge on any atom is 0.209 e. The molecule has 0 saturated carbocycles. The van der Waals surface area contributed by atoms with Crippen LogP contribution in [0.5, 0.6) is 0 Å². The van der Waals surface area contributed by atoms with Crippen LogP contribution < -0.4 is 4.90 Å². The number of thiazole rings is 1. The van der Waals surface area contributed by atoms with E-state index in [0.717, 1.165) is 43.0 Å². The SMILES string of the molecule is Cc1ncsc1-c1c2c(nc(N3CCCCC3)c1-c1nn[nH]n1)CCCCC2. The molecule has 1 saturated heterocycles. The topological polar surface area (TPSA) is 83.5 Å². The van der Waals surface area contributed by atoms with E-state index in [9.17, 15) is 0 Å². The summed E-state index contributed by atoms with van der Waals surface area (Å²) in [6.45, 7) is 4.17. The lowest BCUT2D eigenvalue weighted by Crippen LogP contribution is -2.31. The van der Waals surface area contributed by atoms with Crippen LogP contribution in [0.1, 0.15) is 55.5 Å². The zero-order chi connectivity index (χ0) is 18.9. The summed E-state index contributed by atoms with van der Waals surface area (Å²) in [4.78, 5) is 13.4. The molecule has 3 aromatic rings. The fraction of sp³-hybridized carbons (Fsp3) is 0.550. The molecular formula is C20H25N7S. The first-order valence-corrected chi connectivity index (χ1v) is 11.2. The van der Waals surface area contributed by atoms with Crippen molar-refractivity contribution >= 4 is 17.2 Å². The molecule has 3 aromatic heterocycles. The van der Waals surface area contributed by atoms with Gasteiger partial charge in [0, 0.05) is 24.3 Å². The molecule has 1 N–H and O–H groups in total. The predicted octanol–water partition coefficient (Wildman–Crippen LogP) is 3.95. The Morgan fingerprint density at radius 1 is 1.00 bits per heavy atom. The first-order chi connectivity index (χ1) is 13.8. The van der Waals surface area contributed by atoms with Gasteiger partial charge in [0.25, 0.3) is 0 Å². The van der Waals surface area contributed by atoms with Crippen molar-refractivity contribution in [2.75, 3.05) is 18.0 Å². The van der Waals surface area contributed by atoms with Gasteiger partial charge < -0.3 is 4.90 Å². The van der Waals surface area contributed by atoms with Gasteiger partial charge in [-0.3, -0.25) is 0 Å². The quantitative estimate of drug-likeness (QED) is 0.676. The van der Waals surface area contributed by atoms with Gasteiger partial charge >= 0.3 is 0 Å². The molecule has 5 rings (SSSR count). The fourth-order valence-electron chi connectivity index (χ4n) is 4.51. The van der Waals surface area contributed by atoms with Gasteiger partial charge in [-0.25, -0.2) is 9.97 Å². The second kappa shape index (κ2) is 7.58. The van der Waals surface area contributed by atoms with Gasteiger partial charge in [0.2, 0.25) is 5.82 Å². The van der Waals surface area contributed by atoms with Gasteiger partial charge in [-0.1, -0.05) is 6.42 Å². The van der Waals surface area contributed by atoms with E-state index >= 15 is 0 Å². The van der Waals surface area contributed by atoms with Crippen LogP contribution in [0.25, 0.3) is 21.8 Å². The number of nitrogens with zero attached hydrogens (tertiary/aromatic N) is 6. The number of hydrogen-bond donors (Lipinski definition) is 1. The van der Waals surface area contributed by atoms with E-state index in [0.29, 0.717) is 5.82 Å². The molecule has 1 fully saturated rings. The molecule has 0 unspecified atom stereocenters. The largest absolute Gasteiger partial charge is 0.356 e. The summed E-state index contributed by atoms with van der Waals surface area (Å²) in [7, 11) is 0. The maximum atomic E-state index is 5.24. The van der Waals surface area contributed by atoms with Crippen LogP contribution in [-0.4, -0.2) is 43.7 Å². The van der Waals surface area contributed by atoms with Crippen molar-refractivity contribution in [1.29, 1.82) is 0 Å². The number of hydrogen-bond acceptors (Lipinski definition) is 7. The Hall–Kier alpha value is -2.35. The van der Waals surface area contributed by atoms with E-state index < -0.39 is 0 Å². The summed E-state index contributed by atoms with van der Waals surface area (Å²) in [5.74, 6) is 1.67. The highest BCUT2D eigenvalue weighted by Crippen LogP contribution is 2.44. The Morgan fingerprint density at radius 3 is 2.57 bits per heavy atom. The van der Waals surface area contributed by atoms with E-state index in [1.165, 1.54) is 60.2 Å². The lowest BCUT2D eigenvalue weighted by atomic mass is 9.93. The second-order valence-corrected chi connectivity index (χ2v) is 8.58. The van der Waals surface area contributed by atoms with Crippen LogP contribution in [0.4, 0.5) is 5.82 Å². The van der Waals surface area contributed by atoms with E-state index in [-0.39, 0.29) is 0 Å². The van der Waals surface area contributed by atoms with Crippen LogP contribution in [0.2, 0.25) is 0 Å².